The molecule has 0 aliphatic carbocycles. The molecule has 4 nitrogen and oxygen atoms in total. The number of aliphatic hydroxyl groups is 1. The van der Waals surface area contributed by atoms with Gasteiger partial charge in [-0.05, 0) is 33.6 Å². The first-order chi connectivity index (χ1) is 9.28. The zero-order chi connectivity index (χ0) is 15.6. The second kappa shape index (κ2) is 9.22. The SMILES string of the molecule is CCCCCCC(CC)(CO)CNC(=O)OC(C)(C)C. The van der Waals surface area contributed by atoms with Crippen LogP contribution in [0.1, 0.15) is 73.1 Å². The standard InChI is InChI=1S/C16H33NO3/c1-6-8-9-10-11-16(7-2,13-18)12-17-14(19)20-15(3,4)5/h18H,6-13H2,1-5H3,(H,17,19). The summed E-state index contributed by atoms with van der Waals surface area (Å²) >= 11 is 0. The molecule has 0 fully saturated rings. The van der Waals surface area contributed by atoms with Crippen molar-refractivity contribution in [3.63, 3.8) is 0 Å². The minimum atomic E-state index is -0.487. The van der Waals surface area contributed by atoms with Crippen LogP contribution >= 0.6 is 0 Å². The molecule has 0 aromatic carbocycles. The monoisotopic (exact) mass is 287 g/mol. The van der Waals surface area contributed by atoms with E-state index in [0.717, 1.165) is 19.3 Å². The van der Waals surface area contributed by atoms with E-state index in [-0.39, 0.29) is 12.0 Å². The van der Waals surface area contributed by atoms with E-state index >= 15 is 0 Å². The number of amides is 1. The Morgan fingerprint density at radius 2 is 1.80 bits per heavy atom. The summed E-state index contributed by atoms with van der Waals surface area (Å²) in [5.74, 6) is 0. The van der Waals surface area contributed by atoms with Gasteiger partial charge in [0.05, 0.1) is 6.61 Å². The Balaban J connectivity index is 4.27. The van der Waals surface area contributed by atoms with Crippen LogP contribution in [0.25, 0.3) is 0 Å². The van der Waals surface area contributed by atoms with Crippen LogP contribution < -0.4 is 5.32 Å². The van der Waals surface area contributed by atoms with Crippen molar-refractivity contribution in [2.24, 2.45) is 5.41 Å². The molecule has 0 spiro atoms. The topological polar surface area (TPSA) is 58.6 Å². The fourth-order valence-electron chi connectivity index (χ4n) is 2.14. The molecule has 1 amide bonds. The first kappa shape index (κ1) is 19.2. The third kappa shape index (κ3) is 8.41. The molecule has 0 rings (SSSR count). The van der Waals surface area contributed by atoms with Crippen LogP contribution in [-0.2, 0) is 4.74 Å². The molecule has 0 aliphatic heterocycles. The zero-order valence-corrected chi connectivity index (χ0v) is 13.9. The number of nitrogens with one attached hydrogen (secondary N) is 1. The van der Waals surface area contributed by atoms with Gasteiger partial charge in [-0.1, -0.05) is 39.5 Å². The number of rotatable bonds is 9. The summed E-state index contributed by atoms with van der Waals surface area (Å²) in [5, 5.41) is 12.5. The fraction of sp³-hybridized carbons (Fsp3) is 0.938. The first-order valence-electron chi connectivity index (χ1n) is 7.86. The number of unbranched alkanes of at least 4 members (excludes halogenated alkanes) is 3. The summed E-state index contributed by atoms with van der Waals surface area (Å²) in [6.45, 7) is 10.4. The molecular weight excluding hydrogens is 254 g/mol. The van der Waals surface area contributed by atoms with E-state index in [1.807, 2.05) is 20.8 Å². The Labute approximate surface area is 124 Å². The minimum absolute atomic E-state index is 0.103. The van der Waals surface area contributed by atoms with Crippen LogP contribution in [0.2, 0.25) is 0 Å². The Morgan fingerprint density at radius 1 is 1.15 bits per heavy atom. The quantitative estimate of drug-likeness (QED) is 0.633. The molecule has 0 aromatic rings. The van der Waals surface area contributed by atoms with E-state index < -0.39 is 11.7 Å². The lowest BCUT2D eigenvalue weighted by Crippen LogP contribution is -2.42. The van der Waals surface area contributed by atoms with Gasteiger partial charge in [0, 0.05) is 12.0 Å². The van der Waals surface area contributed by atoms with Gasteiger partial charge in [-0.25, -0.2) is 4.79 Å². The molecule has 1 atom stereocenters. The highest BCUT2D eigenvalue weighted by atomic mass is 16.6. The average Bonchev–Trinajstić information content (AvgIpc) is 2.37. The van der Waals surface area contributed by atoms with E-state index in [9.17, 15) is 9.90 Å². The second-order valence-electron chi connectivity index (χ2n) is 6.68. The van der Waals surface area contributed by atoms with Crippen molar-refractivity contribution in [2.75, 3.05) is 13.2 Å². The van der Waals surface area contributed by atoms with Crippen LogP contribution in [0.3, 0.4) is 0 Å². The predicted molar refractivity (Wildman–Crippen MR) is 82.8 cm³/mol. The van der Waals surface area contributed by atoms with E-state index in [1.165, 1.54) is 19.3 Å². The van der Waals surface area contributed by atoms with Crippen LogP contribution in [0.15, 0.2) is 0 Å². The largest absolute Gasteiger partial charge is 0.444 e. The van der Waals surface area contributed by atoms with Crippen LogP contribution in [0.4, 0.5) is 4.79 Å². The summed E-state index contributed by atoms with van der Waals surface area (Å²) in [6, 6.07) is 0. The first-order valence-corrected chi connectivity index (χ1v) is 7.86. The highest BCUT2D eigenvalue weighted by Crippen LogP contribution is 2.28. The van der Waals surface area contributed by atoms with Crippen molar-refractivity contribution in [3.8, 4) is 0 Å². The Hall–Kier alpha value is -0.770. The molecule has 1 unspecified atom stereocenters. The molecule has 20 heavy (non-hydrogen) atoms. The van der Waals surface area contributed by atoms with E-state index in [4.69, 9.17) is 4.74 Å². The number of alkyl carbamates (subject to hydrolysis) is 1. The summed E-state index contributed by atoms with van der Waals surface area (Å²) in [6.07, 6.45) is 6.10. The molecule has 0 saturated carbocycles. The lowest BCUT2D eigenvalue weighted by atomic mass is 9.80. The number of aliphatic hydroxyl groups excluding tert-OH is 1. The summed E-state index contributed by atoms with van der Waals surface area (Å²) in [5.41, 5.74) is -0.704. The molecule has 120 valence electrons. The van der Waals surface area contributed by atoms with Crippen molar-refractivity contribution in [2.45, 2.75) is 78.7 Å². The molecule has 0 heterocycles. The third-order valence-corrected chi connectivity index (χ3v) is 3.65. The molecule has 0 bridgehead atoms. The van der Waals surface area contributed by atoms with Gasteiger partial charge in [0.25, 0.3) is 0 Å². The fourth-order valence-corrected chi connectivity index (χ4v) is 2.14. The van der Waals surface area contributed by atoms with Gasteiger partial charge >= 0.3 is 6.09 Å². The summed E-state index contributed by atoms with van der Waals surface area (Å²) in [7, 11) is 0. The van der Waals surface area contributed by atoms with E-state index in [0.29, 0.717) is 6.54 Å². The van der Waals surface area contributed by atoms with E-state index in [1.54, 1.807) is 0 Å². The zero-order valence-electron chi connectivity index (χ0n) is 13.9. The molecule has 0 aromatic heterocycles. The van der Waals surface area contributed by atoms with Crippen molar-refractivity contribution in [3.05, 3.63) is 0 Å². The van der Waals surface area contributed by atoms with Crippen molar-refractivity contribution >= 4 is 6.09 Å². The number of hydrogen-bond acceptors (Lipinski definition) is 3. The van der Waals surface area contributed by atoms with Crippen LogP contribution in [0, 0.1) is 5.41 Å². The Kier molecular flexibility index (Phi) is 8.86. The Bertz CT molecular complexity index is 267. The third-order valence-electron chi connectivity index (χ3n) is 3.65. The lowest BCUT2D eigenvalue weighted by Gasteiger charge is -2.31. The van der Waals surface area contributed by atoms with Gasteiger partial charge in [-0.3, -0.25) is 0 Å². The molecular formula is C16H33NO3. The second-order valence-corrected chi connectivity index (χ2v) is 6.68. The van der Waals surface area contributed by atoms with E-state index in [2.05, 4.69) is 19.2 Å². The highest BCUT2D eigenvalue weighted by molar-refractivity contribution is 5.67. The average molecular weight is 287 g/mol. The minimum Gasteiger partial charge on any atom is -0.444 e. The van der Waals surface area contributed by atoms with Gasteiger partial charge in [0.1, 0.15) is 5.60 Å². The van der Waals surface area contributed by atoms with Gasteiger partial charge < -0.3 is 15.2 Å². The summed E-state index contributed by atoms with van der Waals surface area (Å²) < 4.78 is 5.23. The lowest BCUT2D eigenvalue weighted by molar-refractivity contribution is 0.0448. The smallest absolute Gasteiger partial charge is 0.407 e. The van der Waals surface area contributed by atoms with Crippen molar-refractivity contribution < 1.29 is 14.6 Å². The van der Waals surface area contributed by atoms with Crippen LogP contribution in [0.5, 0.6) is 0 Å². The van der Waals surface area contributed by atoms with Gasteiger partial charge in [-0.2, -0.15) is 0 Å². The van der Waals surface area contributed by atoms with Gasteiger partial charge in [0.15, 0.2) is 0 Å². The maximum absolute atomic E-state index is 11.7. The Morgan fingerprint density at radius 3 is 2.25 bits per heavy atom. The summed E-state index contributed by atoms with van der Waals surface area (Å²) in [4.78, 5) is 11.7. The van der Waals surface area contributed by atoms with Gasteiger partial charge in [-0.15, -0.1) is 0 Å². The number of hydrogen-bond donors (Lipinski definition) is 2. The normalized spacial score (nSPS) is 14.7. The number of carbonyl (C=O) groups is 1. The van der Waals surface area contributed by atoms with Crippen LogP contribution in [-0.4, -0.2) is 30.0 Å². The molecule has 0 radical (unpaired) electrons. The number of ether oxygens (including phenoxy) is 1. The van der Waals surface area contributed by atoms with Gasteiger partial charge in [0.2, 0.25) is 0 Å². The highest BCUT2D eigenvalue weighted by Gasteiger charge is 2.28. The predicted octanol–water partition coefficient (Wildman–Crippen LogP) is 3.87. The van der Waals surface area contributed by atoms with Crippen molar-refractivity contribution in [1.29, 1.82) is 0 Å². The molecule has 2 N–H and O–H groups in total. The molecule has 0 aliphatic rings. The number of carbonyl (C=O) groups excluding carboxylic acids is 1. The van der Waals surface area contributed by atoms with Crippen molar-refractivity contribution in [1.82, 2.24) is 5.32 Å². The maximum Gasteiger partial charge on any atom is 0.407 e. The molecule has 4 heteroatoms. The maximum atomic E-state index is 11.7. The molecule has 0 saturated heterocycles.